The molecule has 0 atom stereocenters. The first-order valence-corrected chi connectivity index (χ1v) is 12.6. The molecule has 0 saturated heterocycles. The Morgan fingerprint density at radius 2 is 1.28 bits per heavy atom. The summed E-state index contributed by atoms with van der Waals surface area (Å²) in [4.78, 5) is 46.4. The summed E-state index contributed by atoms with van der Waals surface area (Å²) in [5.74, 6) is -1.08. The molecule has 0 spiro atoms. The van der Waals surface area contributed by atoms with Gasteiger partial charge in [-0.25, -0.2) is 14.8 Å². The number of hydrogen-bond acceptors (Lipinski definition) is 9. The molecule has 12 heteroatoms. The number of benzene rings is 2. The molecule has 0 aliphatic carbocycles. The second kappa shape index (κ2) is 16.8. The largest absolute Gasteiger partial charge is 0.476 e. The van der Waals surface area contributed by atoms with Gasteiger partial charge in [-0.15, -0.1) is 0 Å². The maximum Gasteiger partial charge on any atom is 0.356 e. The molecule has 0 fully saturated rings. The van der Waals surface area contributed by atoms with Gasteiger partial charge in [-0.2, -0.15) is 0 Å². The summed E-state index contributed by atoms with van der Waals surface area (Å²) < 4.78 is 5.25. The quantitative estimate of drug-likeness (QED) is 0.149. The van der Waals surface area contributed by atoms with Crippen molar-refractivity contribution >= 4 is 47.6 Å². The van der Waals surface area contributed by atoms with Crippen LogP contribution in [0.2, 0.25) is 0 Å². The zero-order valence-electron chi connectivity index (χ0n) is 24.5. The van der Waals surface area contributed by atoms with Crippen molar-refractivity contribution in [3.8, 4) is 0 Å². The van der Waals surface area contributed by atoms with Crippen LogP contribution in [0.5, 0.6) is 0 Å². The van der Waals surface area contributed by atoms with Crippen molar-refractivity contribution in [2.24, 2.45) is 0 Å². The minimum absolute atomic E-state index is 0. The van der Waals surface area contributed by atoms with Gasteiger partial charge in [0.05, 0.1) is 34.8 Å². The van der Waals surface area contributed by atoms with E-state index in [-0.39, 0.29) is 42.6 Å². The molecule has 0 saturated carbocycles. The Morgan fingerprint density at radius 3 is 1.81 bits per heavy atom. The number of Topliss-reactive ketones (excluding diaryl/α,β-unsaturated/α-hetero) is 1. The summed E-state index contributed by atoms with van der Waals surface area (Å²) in [6, 6.07) is 19.3. The Morgan fingerprint density at radius 1 is 0.744 bits per heavy atom. The minimum Gasteiger partial charge on any atom is -0.476 e. The van der Waals surface area contributed by atoms with Crippen molar-refractivity contribution in [2.75, 3.05) is 5.73 Å². The van der Waals surface area contributed by atoms with Gasteiger partial charge in [-0.05, 0) is 63.2 Å². The number of aromatic carboxylic acids is 1. The van der Waals surface area contributed by atoms with Crippen molar-refractivity contribution in [1.29, 1.82) is 1.34 Å². The van der Waals surface area contributed by atoms with Gasteiger partial charge in [0.25, 0.3) is 0 Å². The van der Waals surface area contributed by atoms with E-state index in [9.17, 15) is 9.59 Å². The van der Waals surface area contributed by atoms with Crippen molar-refractivity contribution in [3.63, 3.8) is 0 Å². The molecular weight excluding hydrogens is 767 g/mol. The van der Waals surface area contributed by atoms with E-state index < -0.39 is 5.97 Å². The van der Waals surface area contributed by atoms with Gasteiger partial charge in [-0.1, -0.05) is 18.2 Å². The first-order valence-electron chi connectivity index (χ1n) is 13.1. The molecule has 0 unspecified atom stereocenters. The van der Waals surface area contributed by atoms with Gasteiger partial charge in [0.1, 0.15) is 5.69 Å². The number of hydrogen-bond donors (Lipinski definition) is 2. The zero-order chi connectivity index (χ0) is 31.2. The second-order valence-corrected chi connectivity index (χ2v) is 8.98. The van der Waals surface area contributed by atoms with Gasteiger partial charge in [0.2, 0.25) is 0 Å². The molecule has 6 rings (SSSR count). The maximum atomic E-state index is 12.1. The van der Waals surface area contributed by atoms with E-state index in [1.165, 1.54) is 18.6 Å². The fraction of sp³-hybridized carbons (Fsp3) is 0.0968. The fourth-order valence-electron chi connectivity index (χ4n) is 3.64. The average molecular weight is 797 g/mol. The number of ketones is 1. The van der Waals surface area contributed by atoms with Crippen LogP contribution in [0.1, 0.15) is 37.9 Å². The van der Waals surface area contributed by atoms with Crippen LogP contribution < -0.4 is 5.73 Å². The summed E-state index contributed by atoms with van der Waals surface area (Å²) in [6.45, 7) is 3.59. The Hall–Kier alpha value is -4.52. The van der Waals surface area contributed by atoms with E-state index in [1.807, 2.05) is 67.6 Å². The van der Waals surface area contributed by atoms with Crippen molar-refractivity contribution in [1.82, 2.24) is 29.9 Å². The van der Waals surface area contributed by atoms with Crippen molar-refractivity contribution < 1.29 is 45.8 Å². The van der Waals surface area contributed by atoms with Gasteiger partial charge in [0.15, 0.2) is 11.5 Å². The summed E-state index contributed by atoms with van der Waals surface area (Å²) in [6.07, 6.45) is 9.65. The molecule has 6 aromatic rings. The van der Waals surface area contributed by atoms with Crippen molar-refractivity contribution in [3.05, 3.63) is 126 Å². The number of pyridine rings is 2. The number of rotatable bonds is 4. The smallest absolute Gasteiger partial charge is 0.356 e. The van der Waals surface area contributed by atoms with Gasteiger partial charge in [-0.3, -0.25) is 24.7 Å². The van der Waals surface area contributed by atoms with E-state index in [0.717, 1.165) is 38.8 Å². The molecule has 0 bridgehead atoms. The third kappa shape index (κ3) is 10.4. The van der Waals surface area contributed by atoms with Crippen LogP contribution in [-0.4, -0.2) is 56.5 Å². The molecule has 10 nitrogen and oxygen atoms in total. The van der Waals surface area contributed by atoms with Crippen LogP contribution in [0.15, 0.2) is 97.8 Å². The predicted octanol–water partition coefficient (Wildman–Crippen LogP) is 4.41. The van der Waals surface area contributed by atoms with Crippen LogP contribution in [0.25, 0.3) is 21.8 Å². The molecule has 2 aromatic carbocycles. The molecule has 4 heterocycles. The number of carboxylic acids is 1. The SMILES string of the molecule is Cc1cnc(C(=O)Cc2ccc3ncccc3c2)cn1.Cc1cnc(C(=O)O)cn1.Nc1ccc2ncccc2c1.[3H][B].[U]. The zero-order valence-corrected chi connectivity index (χ0v) is 27.7. The third-order valence-electron chi connectivity index (χ3n) is 5.73. The maximum absolute atomic E-state index is 12.1. The van der Waals surface area contributed by atoms with Crippen LogP contribution in [0.4, 0.5) is 5.69 Å². The molecule has 3 N–H and O–H groups in total. The fourth-order valence-corrected chi connectivity index (χ4v) is 3.64. The van der Waals surface area contributed by atoms with Crippen LogP contribution in [0.3, 0.4) is 0 Å². The number of carboxylic acid groups (broad SMARTS) is 1. The van der Waals surface area contributed by atoms with E-state index in [1.54, 1.807) is 25.5 Å². The molecule has 2 radical (unpaired) electrons. The number of aromatic nitrogens is 6. The number of nitrogen functional groups attached to an aromatic ring is 1. The molecule has 212 valence electrons. The number of nitrogens with two attached hydrogens (primary N) is 1. The van der Waals surface area contributed by atoms with Gasteiger partial charge in [0, 0.05) is 87.2 Å². The Balaban J connectivity index is 0.000000240. The van der Waals surface area contributed by atoms with Gasteiger partial charge >= 0.3 is 5.97 Å². The first-order chi connectivity index (χ1) is 20.8. The van der Waals surface area contributed by atoms with Crippen molar-refractivity contribution in [2.45, 2.75) is 20.3 Å². The third-order valence-corrected chi connectivity index (χ3v) is 5.73. The normalized spacial score (nSPS) is 9.86. The Bertz CT molecular complexity index is 1810. The van der Waals surface area contributed by atoms with E-state index in [0.29, 0.717) is 17.8 Å². The summed E-state index contributed by atoms with van der Waals surface area (Å²) >= 11 is 0. The van der Waals surface area contributed by atoms with E-state index in [2.05, 4.69) is 38.3 Å². The van der Waals surface area contributed by atoms with Gasteiger partial charge < -0.3 is 10.8 Å². The summed E-state index contributed by atoms with van der Waals surface area (Å²) in [5.41, 5.74) is 11.2. The minimum atomic E-state index is -1.05. The molecule has 0 aliphatic heterocycles. The number of anilines is 1. The number of carbonyl (C=O) groups excluding carboxylic acids is 1. The summed E-state index contributed by atoms with van der Waals surface area (Å²) in [5, 5.41) is 10.5. The van der Waals surface area contributed by atoms with Crippen LogP contribution >= 0.6 is 0 Å². The Labute approximate surface area is 275 Å². The topological polar surface area (TPSA) is 158 Å². The number of nitrogens with zero attached hydrogens (tertiary/aromatic N) is 6. The van der Waals surface area contributed by atoms with Crippen LogP contribution in [0, 0.1) is 45.0 Å². The standard InChI is InChI=1S/C16H13N3O.C9H8N2.C6H6N2O2.BH.U/c1-11-9-19-15(10-18-11)16(20)8-12-4-5-14-13(7-12)3-2-6-17-14;10-8-3-4-9-7(6-8)2-1-5-11-9;1-4-2-8-5(3-7-4)6(9)10;;/h2-7,9-10H,8H2,1H3;1-6H,10H2;2-3H,1H3,(H,9,10);1H;/i;;;1T;. The van der Waals surface area contributed by atoms with E-state index >= 15 is 0 Å². The molecular formula is C31H28BN7O3U. The van der Waals surface area contributed by atoms with Crippen LogP contribution in [-0.2, 0) is 6.42 Å². The Kier molecular flexibility index (Phi) is 12.9. The van der Waals surface area contributed by atoms with E-state index in [4.69, 9.17) is 12.2 Å². The number of carbonyl (C=O) groups is 2. The monoisotopic (exact) mass is 797 g/mol. The average Bonchev–Trinajstić information content (AvgIpc) is 3.03. The molecule has 43 heavy (non-hydrogen) atoms. The number of fused-ring (bicyclic) bond motifs is 2. The second-order valence-electron chi connectivity index (χ2n) is 8.98. The predicted molar refractivity (Wildman–Crippen MR) is 164 cm³/mol. The summed E-state index contributed by atoms with van der Waals surface area (Å²) in [7, 11) is 3.75. The number of aryl methyl sites for hydroxylation is 2. The first kappa shape index (κ1) is 33.0. The molecule has 0 amide bonds. The molecule has 4 aromatic heterocycles. The molecule has 0 aliphatic rings.